The van der Waals surface area contributed by atoms with Crippen LogP contribution in [0.3, 0.4) is 0 Å². The molecule has 0 heterocycles. The van der Waals surface area contributed by atoms with Gasteiger partial charge in [0, 0.05) is 23.3 Å². The van der Waals surface area contributed by atoms with Gasteiger partial charge in [-0.25, -0.2) is 36.4 Å². The van der Waals surface area contributed by atoms with E-state index in [1.807, 2.05) is 0 Å². The number of hydrogen-bond acceptors (Lipinski definition) is 12. The van der Waals surface area contributed by atoms with Gasteiger partial charge in [-0.05, 0) is 138 Å². The predicted octanol–water partition coefficient (Wildman–Crippen LogP) is 9.35. The van der Waals surface area contributed by atoms with Crippen molar-refractivity contribution in [2.75, 3.05) is 26.4 Å². The van der Waals surface area contributed by atoms with Crippen molar-refractivity contribution in [1.29, 1.82) is 0 Å². The van der Waals surface area contributed by atoms with E-state index < -0.39 is 45.3 Å². The van der Waals surface area contributed by atoms with Crippen LogP contribution in [-0.2, 0) is 28.9 Å². The molecule has 0 bridgehead atoms. The SMILES string of the molecule is C=C(C)C(=O)OCCCCCCOc1ccc(C(=O)Oc2ccc(S(=O)(=O)c3ccc(OC(=O)c4ccc(OCCCCCCOC(=O)C(=C)C)cc4F)cc3)cc2)c(F)c1. The molecule has 324 valence electrons. The Labute approximate surface area is 354 Å². The van der Waals surface area contributed by atoms with Gasteiger partial charge < -0.3 is 28.4 Å². The maximum atomic E-state index is 14.8. The molecule has 0 unspecified atom stereocenters. The fraction of sp³-hybridized carbons (Fsp3) is 0.304. The molecule has 0 N–H and O–H groups in total. The summed E-state index contributed by atoms with van der Waals surface area (Å²) in [5.74, 6) is -4.15. The number of sulfone groups is 1. The first kappa shape index (κ1) is 47.3. The van der Waals surface area contributed by atoms with Crippen LogP contribution < -0.4 is 18.9 Å². The van der Waals surface area contributed by atoms with Crippen molar-refractivity contribution in [3.63, 3.8) is 0 Å². The number of benzene rings is 4. The second-order valence-electron chi connectivity index (χ2n) is 13.9. The van der Waals surface area contributed by atoms with Gasteiger partial charge >= 0.3 is 23.9 Å². The Bertz CT molecular complexity index is 2130. The molecule has 0 amide bonds. The zero-order chi connectivity index (χ0) is 44.4. The molecule has 0 aromatic heterocycles. The zero-order valence-electron chi connectivity index (χ0n) is 34.0. The Morgan fingerprint density at radius 3 is 1.15 bits per heavy atom. The lowest BCUT2D eigenvalue weighted by Crippen LogP contribution is -2.11. The van der Waals surface area contributed by atoms with Gasteiger partial charge in [0.25, 0.3) is 0 Å². The fourth-order valence-electron chi connectivity index (χ4n) is 5.41. The van der Waals surface area contributed by atoms with Gasteiger partial charge in [0.2, 0.25) is 9.84 Å². The maximum Gasteiger partial charge on any atom is 0.346 e. The molecule has 15 heteroatoms. The van der Waals surface area contributed by atoms with Crippen LogP contribution >= 0.6 is 0 Å². The number of hydrogen-bond donors (Lipinski definition) is 0. The Morgan fingerprint density at radius 1 is 0.492 bits per heavy atom. The Kier molecular flexibility index (Phi) is 18.2. The number of halogens is 2. The highest BCUT2D eigenvalue weighted by Crippen LogP contribution is 2.27. The molecule has 4 rings (SSSR count). The lowest BCUT2D eigenvalue weighted by atomic mass is 10.2. The van der Waals surface area contributed by atoms with E-state index in [1.165, 1.54) is 72.8 Å². The third kappa shape index (κ3) is 15.0. The molecule has 0 radical (unpaired) electrons. The highest BCUT2D eigenvalue weighted by atomic mass is 32.2. The maximum absolute atomic E-state index is 14.8. The smallest absolute Gasteiger partial charge is 0.346 e. The standard InChI is InChI=1S/C46H48F2O12S/c1-31(2)43(49)57-27-11-7-5-9-25-55-35-17-23-39(41(47)29-35)45(51)59-33-13-19-37(20-14-33)61(53,54)38-21-15-34(16-22-38)60-46(52)40-24-18-36(30-42(40)48)56-26-10-6-8-12-28-58-44(50)32(3)4/h13-24,29-30H,1,3,5-12,25-28H2,2,4H3. The van der Waals surface area contributed by atoms with Crippen LogP contribution in [0.15, 0.2) is 119 Å². The van der Waals surface area contributed by atoms with Gasteiger partial charge in [0.05, 0.1) is 47.3 Å². The second-order valence-corrected chi connectivity index (χ2v) is 15.8. The van der Waals surface area contributed by atoms with Crippen LogP contribution in [-0.4, -0.2) is 58.7 Å². The summed E-state index contributed by atoms with van der Waals surface area (Å²) in [5, 5.41) is 0. The summed E-state index contributed by atoms with van der Waals surface area (Å²) >= 11 is 0. The second kappa shape index (κ2) is 23.4. The van der Waals surface area contributed by atoms with Crippen molar-refractivity contribution in [1.82, 2.24) is 0 Å². The normalized spacial score (nSPS) is 11.0. The third-order valence-corrected chi connectivity index (χ3v) is 10.6. The van der Waals surface area contributed by atoms with Crippen molar-refractivity contribution in [2.45, 2.75) is 75.0 Å². The molecular weight excluding hydrogens is 815 g/mol. The molecule has 0 aliphatic rings. The summed E-state index contributed by atoms with van der Waals surface area (Å²) in [7, 11) is -4.07. The third-order valence-electron chi connectivity index (χ3n) is 8.79. The first-order chi connectivity index (χ1) is 29.1. The molecule has 0 aliphatic heterocycles. The number of carbonyl (C=O) groups is 4. The van der Waals surface area contributed by atoms with Gasteiger partial charge in [-0.1, -0.05) is 13.2 Å². The summed E-state index contributed by atoms with van der Waals surface area (Å²) in [5.41, 5.74) is -0.000167. The van der Waals surface area contributed by atoms with E-state index in [4.69, 9.17) is 28.4 Å². The molecular formula is C46H48F2O12S. The molecule has 4 aromatic carbocycles. The number of ether oxygens (including phenoxy) is 6. The first-order valence-corrected chi connectivity index (χ1v) is 21.0. The number of rotatable bonds is 24. The largest absolute Gasteiger partial charge is 0.493 e. The van der Waals surface area contributed by atoms with Crippen LogP contribution in [0, 0.1) is 11.6 Å². The van der Waals surface area contributed by atoms with Crippen LogP contribution in [0.2, 0.25) is 0 Å². The van der Waals surface area contributed by atoms with Crippen molar-refractivity contribution < 1.29 is 64.8 Å². The number of esters is 4. The Balaban J connectivity index is 1.20. The van der Waals surface area contributed by atoms with E-state index >= 15 is 0 Å². The van der Waals surface area contributed by atoms with Crippen molar-refractivity contribution in [2.24, 2.45) is 0 Å². The average Bonchev–Trinajstić information content (AvgIpc) is 3.22. The molecule has 0 aliphatic carbocycles. The van der Waals surface area contributed by atoms with E-state index in [1.54, 1.807) is 13.8 Å². The van der Waals surface area contributed by atoms with E-state index in [0.29, 0.717) is 63.3 Å². The Morgan fingerprint density at radius 2 is 0.820 bits per heavy atom. The van der Waals surface area contributed by atoms with Crippen molar-refractivity contribution >= 4 is 33.7 Å². The molecule has 12 nitrogen and oxygen atoms in total. The van der Waals surface area contributed by atoms with E-state index in [-0.39, 0.29) is 43.9 Å². The Hall–Kier alpha value is -6.35. The average molecular weight is 863 g/mol. The van der Waals surface area contributed by atoms with Gasteiger partial charge in [-0.3, -0.25) is 0 Å². The van der Waals surface area contributed by atoms with Gasteiger partial charge in [-0.2, -0.15) is 0 Å². The van der Waals surface area contributed by atoms with E-state index in [2.05, 4.69) is 13.2 Å². The van der Waals surface area contributed by atoms with Crippen LogP contribution in [0.4, 0.5) is 8.78 Å². The van der Waals surface area contributed by atoms with Gasteiger partial charge in [0.1, 0.15) is 34.6 Å². The summed E-state index contributed by atoms with van der Waals surface area (Å²) in [6.07, 6.45) is 6.01. The molecule has 0 atom stereocenters. The highest BCUT2D eigenvalue weighted by molar-refractivity contribution is 7.91. The minimum atomic E-state index is -4.07. The first-order valence-electron chi connectivity index (χ1n) is 19.5. The highest BCUT2D eigenvalue weighted by Gasteiger charge is 2.21. The lowest BCUT2D eigenvalue weighted by Gasteiger charge is -2.10. The van der Waals surface area contributed by atoms with Crippen LogP contribution in [0.1, 0.15) is 85.9 Å². The molecule has 4 aromatic rings. The van der Waals surface area contributed by atoms with E-state index in [0.717, 1.165) is 37.8 Å². The summed E-state index contributed by atoms with van der Waals surface area (Å²) < 4.78 is 88.0. The molecule has 0 fully saturated rings. The minimum absolute atomic E-state index is 0.0281. The van der Waals surface area contributed by atoms with Gasteiger partial charge in [-0.15, -0.1) is 0 Å². The lowest BCUT2D eigenvalue weighted by molar-refractivity contribution is -0.139. The quantitative estimate of drug-likeness (QED) is 0.0285. The molecule has 61 heavy (non-hydrogen) atoms. The number of carbonyl (C=O) groups excluding carboxylic acids is 4. The topological polar surface area (TPSA) is 158 Å². The van der Waals surface area contributed by atoms with Crippen molar-refractivity contribution in [3.8, 4) is 23.0 Å². The van der Waals surface area contributed by atoms with Crippen molar-refractivity contribution in [3.05, 3.63) is 132 Å². The fourth-order valence-corrected chi connectivity index (χ4v) is 6.67. The molecule has 0 saturated carbocycles. The predicted molar refractivity (Wildman–Crippen MR) is 221 cm³/mol. The summed E-state index contributed by atoms with van der Waals surface area (Å²) in [6, 6.07) is 17.4. The zero-order valence-corrected chi connectivity index (χ0v) is 34.9. The molecule has 0 spiro atoms. The summed E-state index contributed by atoms with van der Waals surface area (Å²) in [6.45, 7) is 11.5. The van der Waals surface area contributed by atoms with Crippen LogP contribution in [0.25, 0.3) is 0 Å². The van der Waals surface area contributed by atoms with Gasteiger partial charge in [0.15, 0.2) is 0 Å². The van der Waals surface area contributed by atoms with E-state index in [9.17, 15) is 36.4 Å². The number of unbranched alkanes of at least 4 members (excludes halogenated alkanes) is 6. The van der Waals surface area contributed by atoms with Crippen LogP contribution in [0.5, 0.6) is 23.0 Å². The minimum Gasteiger partial charge on any atom is -0.493 e. The molecule has 0 saturated heterocycles. The summed E-state index contributed by atoms with van der Waals surface area (Å²) in [4.78, 5) is 47.9. The monoisotopic (exact) mass is 862 g/mol.